The predicted octanol–water partition coefficient (Wildman–Crippen LogP) is 0.282. The molecule has 19 heavy (non-hydrogen) atoms. The van der Waals surface area contributed by atoms with Gasteiger partial charge in [0.15, 0.2) is 0 Å². The van der Waals surface area contributed by atoms with Crippen molar-refractivity contribution in [2.75, 3.05) is 13.2 Å². The summed E-state index contributed by atoms with van der Waals surface area (Å²) in [7, 11) is -4.18. The fourth-order valence-corrected chi connectivity index (χ4v) is 3.23. The number of benzene rings is 1. The molecule has 0 fully saturated rings. The first-order valence-corrected chi connectivity index (χ1v) is 6.89. The van der Waals surface area contributed by atoms with Crippen LogP contribution in [0.15, 0.2) is 29.2 Å². The highest BCUT2D eigenvalue weighted by atomic mass is 32.2. The number of nitrogens with zero attached hydrogens (tertiary/aromatic N) is 1. The molecule has 0 bridgehead atoms. The third-order valence-corrected chi connectivity index (χ3v) is 4.50. The highest BCUT2D eigenvalue weighted by Crippen LogP contribution is 2.19. The molecule has 1 unspecified atom stereocenters. The second kappa shape index (κ2) is 6.09. The highest BCUT2D eigenvalue weighted by Gasteiger charge is 2.34. The molecule has 0 saturated heterocycles. The van der Waals surface area contributed by atoms with E-state index in [-0.39, 0.29) is 11.4 Å². The fourth-order valence-electron chi connectivity index (χ4n) is 1.61. The van der Waals surface area contributed by atoms with E-state index in [1.165, 1.54) is 13.0 Å². The maximum atomic E-state index is 13.1. The Hall–Kier alpha value is -1.51. The Labute approximate surface area is 110 Å². The van der Waals surface area contributed by atoms with Gasteiger partial charge in [-0.25, -0.2) is 12.8 Å². The number of likely N-dealkylation sites (N-methyl/N-ethyl adjacent to an activating group) is 1. The second-order valence-corrected chi connectivity index (χ2v) is 5.59. The molecule has 1 aromatic rings. The van der Waals surface area contributed by atoms with E-state index in [9.17, 15) is 17.6 Å². The van der Waals surface area contributed by atoms with Gasteiger partial charge in [0.05, 0.1) is 11.5 Å². The van der Waals surface area contributed by atoms with Gasteiger partial charge in [-0.05, 0) is 18.2 Å². The first-order chi connectivity index (χ1) is 8.84. The van der Waals surface area contributed by atoms with Crippen molar-refractivity contribution in [3.8, 4) is 0 Å². The average Bonchev–Trinajstić information content (AvgIpc) is 2.34. The van der Waals surface area contributed by atoms with Gasteiger partial charge in [0.2, 0.25) is 10.0 Å². The van der Waals surface area contributed by atoms with Crippen molar-refractivity contribution >= 4 is 16.0 Å². The van der Waals surface area contributed by atoms with E-state index < -0.39 is 34.5 Å². The molecule has 1 atom stereocenters. The van der Waals surface area contributed by atoms with Crippen LogP contribution >= 0.6 is 0 Å². The Morgan fingerprint density at radius 2 is 2.11 bits per heavy atom. The zero-order valence-corrected chi connectivity index (χ0v) is 11.0. The first kappa shape index (κ1) is 15.5. The molecular weight excluding hydrogens is 277 g/mol. The number of carbonyl (C=O) groups is 1. The molecule has 1 rings (SSSR count). The molecule has 106 valence electrons. The standard InChI is InChI=1S/C11H14FNO5S/c1-2-13(10(7-14)11(15)16)19(17,18)9-5-3-4-8(12)6-9/h3-6,10,14H,2,7H2,1H3,(H,15,16). The molecule has 0 aliphatic rings. The number of aliphatic carboxylic acids is 1. The first-order valence-electron chi connectivity index (χ1n) is 5.45. The lowest BCUT2D eigenvalue weighted by Crippen LogP contribution is -2.47. The monoisotopic (exact) mass is 291 g/mol. The average molecular weight is 291 g/mol. The maximum Gasteiger partial charge on any atom is 0.324 e. The van der Waals surface area contributed by atoms with Crippen molar-refractivity contribution in [1.82, 2.24) is 4.31 Å². The van der Waals surface area contributed by atoms with Gasteiger partial charge in [0.25, 0.3) is 0 Å². The lowest BCUT2D eigenvalue weighted by molar-refractivity contribution is -0.142. The smallest absolute Gasteiger partial charge is 0.324 e. The summed E-state index contributed by atoms with van der Waals surface area (Å²) in [5, 5.41) is 17.9. The Morgan fingerprint density at radius 1 is 1.47 bits per heavy atom. The molecule has 0 aromatic heterocycles. The van der Waals surface area contributed by atoms with Crippen LogP contribution in [0.3, 0.4) is 0 Å². The van der Waals surface area contributed by atoms with Crippen LogP contribution in [-0.2, 0) is 14.8 Å². The van der Waals surface area contributed by atoms with Crippen molar-refractivity contribution in [2.24, 2.45) is 0 Å². The second-order valence-electron chi connectivity index (χ2n) is 3.70. The van der Waals surface area contributed by atoms with E-state index in [1.54, 1.807) is 0 Å². The van der Waals surface area contributed by atoms with Gasteiger partial charge in [0, 0.05) is 6.54 Å². The summed E-state index contributed by atoms with van der Waals surface area (Å²) in [4.78, 5) is 10.6. The van der Waals surface area contributed by atoms with E-state index in [4.69, 9.17) is 10.2 Å². The number of hydrogen-bond acceptors (Lipinski definition) is 4. The summed E-state index contributed by atoms with van der Waals surface area (Å²) in [6.45, 7) is 0.413. The van der Waals surface area contributed by atoms with Crippen molar-refractivity contribution in [3.63, 3.8) is 0 Å². The molecule has 0 amide bonds. The summed E-state index contributed by atoms with van der Waals surface area (Å²) in [6, 6.07) is 2.66. The van der Waals surface area contributed by atoms with Gasteiger partial charge in [0.1, 0.15) is 11.9 Å². The van der Waals surface area contributed by atoms with Crippen LogP contribution in [0.5, 0.6) is 0 Å². The summed E-state index contributed by atoms with van der Waals surface area (Å²) in [6.07, 6.45) is 0. The van der Waals surface area contributed by atoms with E-state index >= 15 is 0 Å². The number of aliphatic hydroxyl groups excluding tert-OH is 1. The minimum absolute atomic E-state index is 0.156. The summed E-state index contributed by atoms with van der Waals surface area (Å²) in [5.74, 6) is -2.21. The lowest BCUT2D eigenvalue weighted by atomic mass is 10.3. The molecule has 8 heteroatoms. The molecule has 0 saturated carbocycles. The van der Waals surface area contributed by atoms with Crippen LogP contribution in [-0.4, -0.2) is 48.1 Å². The van der Waals surface area contributed by atoms with Crippen molar-refractivity contribution in [3.05, 3.63) is 30.1 Å². The quantitative estimate of drug-likeness (QED) is 0.785. The van der Waals surface area contributed by atoms with E-state index in [0.29, 0.717) is 4.31 Å². The Kier molecular flexibility index (Phi) is 4.98. The maximum absolute atomic E-state index is 13.1. The van der Waals surface area contributed by atoms with Crippen LogP contribution in [0.25, 0.3) is 0 Å². The number of carboxylic acids is 1. The number of rotatable bonds is 6. The van der Waals surface area contributed by atoms with Gasteiger partial charge >= 0.3 is 5.97 Å². The molecule has 6 nitrogen and oxygen atoms in total. The predicted molar refractivity (Wildman–Crippen MR) is 64.5 cm³/mol. The molecule has 1 aromatic carbocycles. The van der Waals surface area contributed by atoms with E-state index in [1.807, 2.05) is 0 Å². The van der Waals surface area contributed by atoms with Crippen LogP contribution in [0, 0.1) is 5.82 Å². The molecule has 2 N–H and O–H groups in total. The molecule has 0 aliphatic carbocycles. The molecule has 0 heterocycles. The zero-order valence-electron chi connectivity index (χ0n) is 10.2. The number of hydrogen-bond donors (Lipinski definition) is 2. The molecule has 0 radical (unpaired) electrons. The lowest BCUT2D eigenvalue weighted by Gasteiger charge is -2.25. The summed E-state index contributed by atoms with van der Waals surface area (Å²) in [5.41, 5.74) is 0. The van der Waals surface area contributed by atoms with Crippen LogP contribution < -0.4 is 0 Å². The van der Waals surface area contributed by atoms with Crippen molar-refractivity contribution < 1.29 is 27.8 Å². The third kappa shape index (κ3) is 3.28. The zero-order chi connectivity index (χ0) is 14.6. The van der Waals surface area contributed by atoms with Crippen molar-refractivity contribution in [1.29, 1.82) is 0 Å². The molecule has 0 spiro atoms. The normalized spacial score (nSPS) is 13.5. The van der Waals surface area contributed by atoms with Gasteiger partial charge in [-0.3, -0.25) is 4.79 Å². The van der Waals surface area contributed by atoms with Crippen molar-refractivity contribution in [2.45, 2.75) is 17.9 Å². The fraction of sp³-hybridized carbons (Fsp3) is 0.364. The minimum atomic E-state index is -4.18. The highest BCUT2D eigenvalue weighted by molar-refractivity contribution is 7.89. The Balaban J connectivity index is 3.26. The summed E-state index contributed by atoms with van der Waals surface area (Å²) < 4.78 is 38.1. The number of carboxylic acid groups (broad SMARTS) is 1. The van der Waals surface area contributed by atoms with E-state index in [0.717, 1.165) is 18.2 Å². The molecular formula is C11H14FNO5S. The number of sulfonamides is 1. The number of halogens is 1. The Bertz CT molecular complexity index is 560. The van der Waals surface area contributed by atoms with Crippen LogP contribution in [0.4, 0.5) is 4.39 Å². The van der Waals surface area contributed by atoms with Gasteiger partial charge in [-0.2, -0.15) is 4.31 Å². The minimum Gasteiger partial charge on any atom is -0.480 e. The SMILES string of the molecule is CCN(C(CO)C(=O)O)S(=O)(=O)c1cccc(F)c1. The third-order valence-electron chi connectivity index (χ3n) is 2.52. The van der Waals surface area contributed by atoms with E-state index in [2.05, 4.69) is 0 Å². The van der Waals surface area contributed by atoms with Gasteiger partial charge < -0.3 is 10.2 Å². The topological polar surface area (TPSA) is 94.9 Å². The molecule has 0 aliphatic heterocycles. The van der Waals surface area contributed by atoms with Gasteiger partial charge in [-0.1, -0.05) is 13.0 Å². The van der Waals surface area contributed by atoms with Gasteiger partial charge in [-0.15, -0.1) is 0 Å². The summed E-state index contributed by atoms with van der Waals surface area (Å²) >= 11 is 0. The Morgan fingerprint density at radius 3 is 2.53 bits per heavy atom. The van der Waals surface area contributed by atoms with Crippen LogP contribution in [0.2, 0.25) is 0 Å². The van der Waals surface area contributed by atoms with Crippen LogP contribution in [0.1, 0.15) is 6.92 Å². The number of aliphatic hydroxyl groups is 1. The largest absolute Gasteiger partial charge is 0.480 e.